The van der Waals surface area contributed by atoms with Gasteiger partial charge in [0, 0.05) is 27.9 Å². The minimum absolute atomic E-state index is 0.0485. The number of amidine groups is 1. The van der Waals surface area contributed by atoms with Crippen LogP contribution in [0.2, 0.25) is 0 Å². The molecule has 3 N–H and O–H groups in total. The lowest BCUT2D eigenvalue weighted by molar-refractivity contribution is 0.0694. The molecular formula is C22H17BrF2N6O. The van der Waals surface area contributed by atoms with Crippen molar-refractivity contribution in [1.82, 2.24) is 9.78 Å². The van der Waals surface area contributed by atoms with Crippen LogP contribution < -0.4 is 10.2 Å². The first-order chi connectivity index (χ1) is 15.2. The maximum Gasteiger partial charge on any atom is 0.331 e. The molecular weight excluding hydrogens is 482 g/mol. The number of nitrogens with one attached hydrogen (secondary N) is 3. The molecule has 0 aliphatic carbocycles. The Labute approximate surface area is 190 Å². The fourth-order valence-electron chi connectivity index (χ4n) is 2.58. The van der Waals surface area contributed by atoms with E-state index in [1.807, 2.05) is 0 Å². The van der Waals surface area contributed by atoms with Crippen LogP contribution in [-0.2, 0) is 5.92 Å². The van der Waals surface area contributed by atoms with Gasteiger partial charge in [0.25, 0.3) is 0 Å². The summed E-state index contributed by atoms with van der Waals surface area (Å²) in [6, 6.07) is 16.2. The lowest BCUT2D eigenvalue weighted by atomic mass is 10.0. The van der Waals surface area contributed by atoms with Crippen molar-refractivity contribution in [3.8, 4) is 11.6 Å². The van der Waals surface area contributed by atoms with E-state index in [0.717, 1.165) is 12.1 Å². The molecule has 0 atom stereocenters. The van der Waals surface area contributed by atoms with Crippen LogP contribution in [0.1, 0.15) is 11.1 Å². The van der Waals surface area contributed by atoms with Gasteiger partial charge in [-0.2, -0.15) is 13.5 Å². The number of nitrogens with zero attached hydrogens (tertiary/aromatic N) is 3. The van der Waals surface area contributed by atoms with Gasteiger partial charge in [-0.3, -0.25) is 16.2 Å². The molecule has 162 valence electrons. The van der Waals surface area contributed by atoms with E-state index in [4.69, 9.17) is 21.0 Å². The van der Waals surface area contributed by atoms with Crippen LogP contribution in [0.15, 0.2) is 82.8 Å². The average molecular weight is 499 g/mol. The summed E-state index contributed by atoms with van der Waals surface area (Å²) < 4.78 is 36.8. The summed E-state index contributed by atoms with van der Waals surface area (Å²) in [4.78, 5) is 3.83. The molecule has 32 heavy (non-hydrogen) atoms. The van der Waals surface area contributed by atoms with E-state index in [-0.39, 0.29) is 17.3 Å². The van der Waals surface area contributed by atoms with Crippen LogP contribution in [0.3, 0.4) is 0 Å². The van der Waals surface area contributed by atoms with Crippen LogP contribution in [0, 0.1) is 16.2 Å². The molecule has 0 saturated heterocycles. The number of rotatable bonds is 6. The number of hydrogen-bond donors (Lipinski definition) is 3. The zero-order valence-electron chi connectivity index (χ0n) is 16.5. The monoisotopic (exact) mass is 498 g/mol. The summed E-state index contributed by atoms with van der Waals surface area (Å²) in [5, 5.41) is 27.8. The molecule has 0 bridgehead atoms. The molecule has 3 rings (SSSR count). The van der Waals surface area contributed by atoms with Gasteiger partial charge in [-0.05, 0) is 40.2 Å². The van der Waals surface area contributed by atoms with Gasteiger partial charge in [0.1, 0.15) is 11.2 Å². The molecule has 0 radical (unpaired) electrons. The number of hydrogen-bond acceptors (Lipinski definition) is 5. The highest BCUT2D eigenvalue weighted by atomic mass is 79.9. The minimum atomic E-state index is -3.81. The Morgan fingerprint density at radius 1 is 1.09 bits per heavy atom. The molecule has 0 fully saturated rings. The van der Waals surface area contributed by atoms with Crippen molar-refractivity contribution in [3.63, 3.8) is 0 Å². The summed E-state index contributed by atoms with van der Waals surface area (Å²) in [5.74, 6) is -4.91. The quantitative estimate of drug-likeness (QED) is 0.325. The average Bonchev–Trinajstić information content (AvgIpc) is 2.79. The Hall–Kier alpha value is -3.79. The van der Waals surface area contributed by atoms with Crippen molar-refractivity contribution in [3.05, 3.63) is 94.4 Å². The van der Waals surface area contributed by atoms with Crippen molar-refractivity contribution in [2.45, 2.75) is 5.92 Å². The van der Waals surface area contributed by atoms with Crippen LogP contribution in [0.4, 0.5) is 8.78 Å². The van der Waals surface area contributed by atoms with Gasteiger partial charge in [0.15, 0.2) is 11.7 Å². The molecule has 2 aromatic carbocycles. The minimum Gasteiger partial charge on any atom is -0.438 e. The molecule has 0 amide bonds. The molecule has 3 aromatic rings. The molecule has 10 heteroatoms. The predicted molar refractivity (Wildman–Crippen MR) is 121 cm³/mol. The van der Waals surface area contributed by atoms with Gasteiger partial charge in [-0.1, -0.05) is 43.0 Å². The number of para-hydroxylation sites is 1. The van der Waals surface area contributed by atoms with E-state index in [1.54, 1.807) is 30.3 Å². The maximum atomic E-state index is 15.2. The Kier molecular flexibility index (Phi) is 6.84. The molecule has 7 nitrogen and oxygen atoms in total. The van der Waals surface area contributed by atoms with Crippen molar-refractivity contribution >= 4 is 33.8 Å². The highest BCUT2D eigenvalue weighted by molar-refractivity contribution is 9.12. The molecule has 1 heterocycles. The molecule has 0 saturated carbocycles. The second-order valence-corrected chi connectivity index (χ2v) is 7.46. The zero-order valence-corrected chi connectivity index (χ0v) is 18.1. The van der Waals surface area contributed by atoms with Crippen LogP contribution in [-0.4, -0.2) is 27.7 Å². The molecule has 0 aliphatic heterocycles. The van der Waals surface area contributed by atoms with Gasteiger partial charge in [-0.25, -0.2) is 4.99 Å². The lowest BCUT2D eigenvalue weighted by Gasteiger charge is -2.19. The topological polar surface area (TPSA) is 111 Å². The smallest absolute Gasteiger partial charge is 0.331 e. The Morgan fingerprint density at radius 3 is 2.50 bits per heavy atom. The number of aromatic nitrogens is 2. The molecule has 1 aromatic heterocycles. The standard InChI is InChI=1S/C22H17BrF2N6O/c1-14(23)13-29-20(27)15-6-5-7-16(12-15)22(24,25)21(28)31-18(26)10-11-19(30-31)32-17-8-3-2-4-9-17/h2-13,26-28H,1H2. The van der Waals surface area contributed by atoms with E-state index in [2.05, 4.69) is 32.6 Å². The second-order valence-electron chi connectivity index (χ2n) is 6.44. The first-order valence-corrected chi connectivity index (χ1v) is 9.91. The zero-order chi connectivity index (χ0) is 23.3. The second kappa shape index (κ2) is 9.56. The maximum absolute atomic E-state index is 15.2. The Bertz CT molecular complexity index is 1270. The van der Waals surface area contributed by atoms with E-state index in [9.17, 15) is 0 Å². The Morgan fingerprint density at radius 2 is 1.81 bits per heavy atom. The van der Waals surface area contributed by atoms with Gasteiger partial charge in [0.05, 0.1) is 0 Å². The summed E-state index contributed by atoms with van der Waals surface area (Å²) >= 11 is 3.07. The van der Waals surface area contributed by atoms with Crippen LogP contribution >= 0.6 is 15.9 Å². The molecule has 0 spiro atoms. The Balaban J connectivity index is 1.92. The van der Waals surface area contributed by atoms with E-state index in [1.165, 1.54) is 30.5 Å². The summed E-state index contributed by atoms with van der Waals surface area (Å²) in [6.45, 7) is 3.56. The lowest BCUT2D eigenvalue weighted by Crippen LogP contribution is -2.39. The van der Waals surface area contributed by atoms with E-state index in [0.29, 0.717) is 14.9 Å². The van der Waals surface area contributed by atoms with E-state index < -0.39 is 22.8 Å². The number of benzene rings is 2. The highest BCUT2D eigenvalue weighted by Crippen LogP contribution is 2.30. The molecule has 0 unspecified atom stereocenters. The largest absolute Gasteiger partial charge is 0.438 e. The summed E-state index contributed by atoms with van der Waals surface area (Å²) in [7, 11) is 0. The third-order valence-corrected chi connectivity index (χ3v) is 4.32. The van der Waals surface area contributed by atoms with Crippen molar-refractivity contribution in [1.29, 1.82) is 16.2 Å². The van der Waals surface area contributed by atoms with Crippen LogP contribution in [0.5, 0.6) is 11.6 Å². The summed E-state index contributed by atoms with van der Waals surface area (Å²) in [5.41, 5.74) is -0.828. The molecule has 0 aliphatic rings. The van der Waals surface area contributed by atoms with Gasteiger partial charge < -0.3 is 4.74 Å². The van der Waals surface area contributed by atoms with Crippen molar-refractivity contribution in [2.75, 3.05) is 0 Å². The third kappa shape index (κ3) is 5.27. The SMILES string of the molecule is C=C(Br)C=NC(=N)c1cccc(C(F)(F)C(=N)n2nc(Oc3ccccc3)ccc2=N)c1. The summed E-state index contributed by atoms with van der Waals surface area (Å²) in [6.07, 6.45) is 1.28. The first kappa shape index (κ1) is 22.9. The van der Waals surface area contributed by atoms with E-state index >= 15 is 8.78 Å². The number of ether oxygens (including phenoxy) is 1. The van der Waals surface area contributed by atoms with Crippen LogP contribution in [0.25, 0.3) is 0 Å². The van der Waals surface area contributed by atoms with Crippen molar-refractivity contribution in [2.24, 2.45) is 4.99 Å². The number of halogens is 3. The number of allylic oxidation sites excluding steroid dienone is 1. The van der Waals surface area contributed by atoms with Gasteiger partial charge >= 0.3 is 5.92 Å². The van der Waals surface area contributed by atoms with Crippen molar-refractivity contribution < 1.29 is 13.5 Å². The normalized spacial score (nSPS) is 11.3. The number of alkyl halides is 2. The highest BCUT2D eigenvalue weighted by Gasteiger charge is 2.40. The van der Waals surface area contributed by atoms with Gasteiger partial charge in [0.2, 0.25) is 5.88 Å². The number of aliphatic imine (C=N–C) groups is 1. The first-order valence-electron chi connectivity index (χ1n) is 9.11. The fraction of sp³-hybridized carbons (Fsp3) is 0.0455. The third-order valence-electron chi connectivity index (χ3n) is 4.12. The predicted octanol–water partition coefficient (Wildman–Crippen LogP) is 5.08. The fourth-order valence-corrected chi connectivity index (χ4v) is 2.68. The van der Waals surface area contributed by atoms with Gasteiger partial charge in [-0.15, -0.1) is 5.10 Å².